The third kappa shape index (κ3) is 3.72. The van der Waals surface area contributed by atoms with Crippen molar-refractivity contribution in [2.75, 3.05) is 20.3 Å². The Labute approximate surface area is 104 Å². The maximum absolute atomic E-state index is 9.13. The van der Waals surface area contributed by atoms with Crippen LogP contribution in [-0.4, -0.2) is 25.4 Å². The molecule has 0 bridgehead atoms. The Morgan fingerprint density at radius 1 is 1.35 bits per heavy atom. The molecule has 0 heterocycles. The van der Waals surface area contributed by atoms with E-state index in [-0.39, 0.29) is 12.5 Å². The highest BCUT2D eigenvalue weighted by Gasteiger charge is 2.10. The minimum absolute atomic E-state index is 0.156. The number of aryl methyl sites for hydroxylation is 3. The maximum Gasteiger partial charge on any atom is 0.124 e. The number of rotatable bonds is 6. The van der Waals surface area contributed by atoms with Gasteiger partial charge in [0.15, 0.2) is 0 Å². The summed E-state index contributed by atoms with van der Waals surface area (Å²) in [5.74, 6) is 1.14. The van der Waals surface area contributed by atoms with Gasteiger partial charge in [0, 0.05) is 6.61 Å². The predicted molar refractivity (Wildman–Crippen MR) is 70.4 cm³/mol. The van der Waals surface area contributed by atoms with Gasteiger partial charge in [-0.2, -0.15) is 0 Å². The molecular formula is C14H23NO2. The van der Waals surface area contributed by atoms with Crippen molar-refractivity contribution in [3.63, 3.8) is 0 Å². The van der Waals surface area contributed by atoms with Gasteiger partial charge in [-0.05, 0) is 50.3 Å². The lowest BCUT2D eigenvalue weighted by Crippen LogP contribution is -2.18. The van der Waals surface area contributed by atoms with Crippen LogP contribution < -0.4 is 10.5 Å². The number of benzene rings is 1. The van der Waals surface area contributed by atoms with Gasteiger partial charge in [0.1, 0.15) is 5.75 Å². The lowest BCUT2D eigenvalue weighted by molar-refractivity contribution is 0.223. The van der Waals surface area contributed by atoms with Crippen LogP contribution in [0.25, 0.3) is 0 Å². The van der Waals surface area contributed by atoms with Gasteiger partial charge >= 0.3 is 0 Å². The number of ether oxygens (including phenoxy) is 1. The minimum Gasteiger partial charge on any atom is -0.496 e. The molecule has 0 saturated heterocycles. The largest absolute Gasteiger partial charge is 0.496 e. The number of aliphatic hydroxyl groups is 1. The van der Waals surface area contributed by atoms with Crippen LogP contribution in [0, 0.1) is 19.8 Å². The van der Waals surface area contributed by atoms with E-state index in [0.29, 0.717) is 6.54 Å². The summed E-state index contributed by atoms with van der Waals surface area (Å²) in [6.45, 7) is 4.83. The van der Waals surface area contributed by atoms with Crippen LogP contribution >= 0.6 is 0 Å². The van der Waals surface area contributed by atoms with Gasteiger partial charge in [0.2, 0.25) is 0 Å². The molecule has 0 aliphatic rings. The molecule has 1 atom stereocenters. The topological polar surface area (TPSA) is 55.5 Å². The number of nitrogens with two attached hydrogens (primary N) is 1. The van der Waals surface area contributed by atoms with Crippen LogP contribution in [0.1, 0.15) is 23.1 Å². The fourth-order valence-electron chi connectivity index (χ4n) is 2.16. The number of hydrogen-bond donors (Lipinski definition) is 2. The predicted octanol–water partition coefficient (Wildman–Crippen LogP) is 1.81. The molecule has 0 fully saturated rings. The van der Waals surface area contributed by atoms with Crippen molar-refractivity contribution in [3.8, 4) is 5.75 Å². The summed E-state index contributed by atoms with van der Waals surface area (Å²) in [5.41, 5.74) is 9.20. The molecule has 0 amide bonds. The van der Waals surface area contributed by atoms with E-state index in [9.17, 15) is 0 Å². The van der Waals surface area contributed by atoms with Gasteiger partial charge in [-0.25, -0.2) is 0 Å². The maximum atomic E-state index is 9.13. The minimum atomic E-state index is 0.156. The van der Waals surface area contributed by atoms with Crippen molar-refractivity contribution in [3.05, 3.63) is 28.8 Å². The molecule has 0 saturated carbocycles. The number of methoxy groups -OCH3 is 1. The fraction of sp³-hybridized carbons (Fsp3) is 0.571. The van der Waals surface area contributed by atoms with Crippen molar-refractivity contribution in [2.24, 2.45) is 11.7 Å². The Bertz CT molecular complexity index is 359. The second-order valence-electron chi connectivity index (χ2n) is 4.60. The first kappa shape index (κ1) is 14.0. The van der Waals surface area contributed by atoms with E-state index >= 15 is 0 Å². The SMILES string of the molecule is COc1c(C)cc(C)cc1CCC(CN)CO. The molecule has 1 aromatic carbocycles. The number of hydrogen-bond acceptors (Lipinski definition) is 3. The van der Waals surface area contributed by atoms with Crippen LogP contribution in [-0.2, 0) is 6.42 Å². The van der Waals surface area contributed by atoms with E-state index in [0.717, 1.165) is 24.2 Å². The Morgan fingerprint density at radius 3 is 2.59 bits per heavy atom. The highest BCUT2D eigenvalue weighted by atomic mass is 16.5. The molecule has 0 radical (unpaired) electrons. The quantitative estimate of drug-likeness (QED) is 0.793. The average molecular weight is 237 g/mol. The lowest BCUT2D eigenvalue weighted by atomic mass is 9.97. The fourth-order valence-corrected chi connectivity index (χ4v) is 2.16. The summed E-state index contributed by atoms with van der Waals surface area (Å²) >= 11 is 0. The van der Waals surface area contributed by atoms with Gasteiger partial charge in [0.25, 0.3) is 0 Å². The zero-order chi connectivity index (χ0) is 12.8. The molecule has 0 aliphatic carbocycles. The van der Waals surface area contributed by atoms with Crippen LogP contribution in [0.5, 0.6) is 5.75 Å². The van der Waals surface area contributed by atoms with Crippen molar-refractivity contribution in [1.82, 2.24) is 0 Å². The van der Waals surface area contributed by atoms with Crippen LogP contribution in [0.4, 0.5) is 0 Å². The van der Waals surface area contributed by atoms with Gasteiger partial charge in [-0.3, -0.25) is 0 Å². The summed E-state index contributed by atoms with van der Waals surface area (Å²) in [4.78, 5) is 0. The molecule has 17 heavy (non-hydrogen) atoms. The zero-order valence-corrected chi connectivity index (χ0v) is 11.0. The molecule has 1 rings (SSSR count). The molecule has 1 unspecified atom stereocenters. The summed E-state index contributed by atoms with van der Waals surface area (Å²) in [6, 6.07) is 4.27. The molecule has 0 aliphatic heterocycles. The molecule has 3 N–H and O–H groups in total. The van der Waals surface area contributed by atoms with E-state index < -0.39 is 0 Å². The highest BCUT2D eigenvalue weighted by molar-refractivity contribution is 5.43. The standard InChI is InChI=1S/C14H23NO2/c1-10-6-11(2)14(17-3)13(7-10)5-4-12(8-15)9-16/h6-7,12,16H,4-5,8-9,15H2,1-3H3. The van der Waals surface area contributed by atoms with Crippen LogP contribution in [0.15, 0.2) is 12.1 Å². The van der Waals surface area contributed by atoms with Gasteiger partial charge in [0.05, 0.1) is 7.11 Å². The van der Waals surface area contributed by atoms with E-state index in [4.69, 9.17) is 15.6 Å². The first-order valence-electron chi connectivity index (χ1n) is 6.07. The molecule has 0 spiro atoms. The Morgan fingerprint density at radius 2 is 2.06 bits per heavy atom. The van der Waals surface area contributed by atoms with E-state index in [1.54, 1.807) is 7.11 Å². The van der Waals surface area contributed by atoms with Crippen molar-refractivity contribution >= 4 is 0 Å². The van der Waals surface area contributed by atoms with Crippen LogP contribution in [0.3, 0.4) is 0 Å². The van der Waals surface area contributed by atoms with Gasteiger partial charge < -0.3 is 15.6 Å². The second kappa shape index (κ2) is 6.62. The molecule has 96 valence electrons. The first-order chi connectivity index (χ1) is 8.12. The van der Waals surface area contributed by atoms with Crippen molar-refractivity contribution < 1.29 is 9.84 Å². The Kier molecular flexibility index (Phi) is 5.45. The molecule has 1 aromatic rings. The third-order valence-electron chi connectivity index (χ3n) is 3.11. The van der Waals surface area contributed by atoms with E-state index in [1.165, 1.54) is 11.1 Å². The summed E-state index contributed by atoms with van der Waals surface area (Å²) < 4.78 is 5.44. The zero-order valence-electron chi connectivity index (χ0n) is 11.0. The van der Waals surface area contributed by atoms with E-state index in [1.807, 2.05) is 0 Å². The highest BCUT2D eigenvalue weighted by Crippen LogP contribution is 2.26. The lowest BCUT2D eigenvalue weighted by Gasteiger charge is -2.15. The van der Waals surface area contributed by atoms with Crippen LogP contribution in [0.2, 0.25) is 0 Å². The second-order valence-corrected chi connectivity index (χ2v) is 4.60. The Hall–Kier alpha value is -1.06. The Balaban J connectivity index is 2.82. The summed E-state index contributed by atoms with van der Waals surface area (Å²) in [5, 5.41) is 9.13. The van der Waals surface area contributed by atoms with Gasteiger partial charge in [-0.15, -0.1) is 0 Å². The molecule has 3 nitrogen and oxygen atoms in total. The van der Waals surface area contributed by atoms with Crippen molar-refractivity contribution in [1.29, 1.82) is 0 Å². The first-order valence-corrected chi connectivity index (χ1v) is 6.07. The molecule has 3 heteroatoms. The monoisotopic (exact) mass is 237 g/mol. The van der Waals surface area contributed by atoms with E-state index in [2.05, 4.69) is 26.0 Å². The van der Waals surface area contributed by atoms with Crippen molar-refractivity contribution in [2.45, 2.75) is 26.7 Å². The summed E-state index contributed by atoms with van der Waals surface area (Å²) in [6.07, 6.45) is 1.79. The molecule has 0 aromatic heterocycles. The molecular weight excluding hydrogens is 214 g/mol. The number of aliphatic hydroxyl groups excluding tert-OH is 1. The summed E-state index contributed by atoms with van der Waals surface area (Å²) in [7, 11) is 1.70. The third-order valence-corrected chi connectivity index (χ3v) is 3.11. The average Bonchev–Trinajstić information content (AvgIpc) is 2.29. The normalized spacial score (nSPS) is 12.5. The smallest absolute Gasteiger partial charge is 0.124 e. The van der Waals surface area contributed by atoms with Gasteiger partial charge in [-0.1, -0.05) is 17.7 Å².